The van der Waals surface area contributed by atoms with Gasteiger partial charge >= 0.3 is 0 Å². The van der Waals surface area contributed by atoms with Gasteiger partial charge in [-0.05, 0) is 18.4 Å². The number of piperazine rings is 1. The third kappa shape index (κ3) is 3.26. The Morgan fingerprint density at radius 2 is 1.70 bits per heavy atom. The Kier molecular flexibility index (Phi) is 4.59. The van der Waals surface area contributed by atoms with Crippen LogP contribution < -0.4 is 4.90 Å². The van der Waals surface area contributed by atoms with Crippen molar-refractivity contribution < 1.29 is 4.79 Å². The monoisotopic (exact) mass is 399 g/mol. The van der Waals surface area contributed by atoms with Crippen molar-refractivity contribution in [1.29, 1.82) is 0 Å². The normalized spacial score (nSPS) is 14.3. The fraction of sp³-hybridized carbons (Fsp3) is 0.227. The second-order valence-electron chi connectivity index (χ2n) is 7.24. The molecule has 0 atom stereocenters. The molecule has 1 amide bonds. The highest BCUT2D eigenvalue weighted by Crippen LogP contribution is 2.20. The van der Waals surface area contributed by atoms with Crippen LogP contribution >= 0.6 is 0 Å². The first kappa shape index (κ1) is 18.2. The van der Waals surface area contributed by atoms with E-state index in [4.69, 9.17) is 0 Å². The Labute approximate surface area is 173 Å². The molecule has 1 aliphatic heterocycles. The van der Waals surface area contributed by atoms with E-state index in [9.17, 15) is 4.79 Å². The molecular formula is C22H21N7O. The Balaban J connectivity index is 1.32. The number of anilines is 1. The standard InChI is InChI=1S/C22H21N7O/c1-16-23-8-9-29(16)20-14-19(25-15-26-20)27-10-12-28(13-11-27)22(30)21-18-5-3-2-4-17(18)6-7-24-21/h2-9,14-15H,10-13H2,1H3. The van der Waals surface area contributed by atoms with E-state index in [2.05, 4.69) is 24.8 Å². The highest BCUT2D eigenvalue weighted by molar-refractivity contribution is 6.05. The molecule has 0 unspecified atom stereocenters. The van der Waals surface area contributed by atoms with Gasteiger partial charge in [-0.2, -0.15) is 0 Å². The quantitative estimate of drug-likeness (QED) is 0.527. The van der Waals surface area contributed by atoms with Gasteiger partial charge in [0.1, 0.15) is 29.5 Å². The van der Waals surface area contributed by atoms with Crippen molar-refractivity contribution in [2.24, 2.45) is 0 Å². The van der Waals surface area contributed by atoms with Crippen molar-refractivity contribution >= 4 is 22.5 Å². The average molecular weight is 399 g/mol. The van der Waals surface area contributed by atoms with Crippen LogP contribution in [-0.2, 0) is 0 Å². The summed E-state index contributed by atoms with van der Waals surface area (Å²) >= 11 is 0. The molecule has 150 valence electrons. The molecular weight excluding hydrogens is 378 g/mol. The van der Waals surface area contributed by atoms with E-state index in [0.29, 0.717) is 31.9 Å². The largest absolute Gasteiger partial charge is 0.353 e. The average Bonchev–Trinajstić information content (AvgIpc) is 3.24. The molecule has 0 saturated carbocycles. The van der Waals surface area contributed by atoms with Crippen molar-refractivity contribution in [3.63, 3.8) is 0 Å². The van der Waals surface area contributed by atoms with E-state index in [1.165, 1.54) is 0 Å². The van der Waals surface area contributed by atoms with E-state index < -0.39 is 0 Å². The Morgan fingerprint density at radius 3 is 2.50 bits per heavy atom. The number of nitrogens with zero attached hydrogens (tertiary/aromatic N) is 7. The first-order chi connectivity index (χ1) is 14.7. The van der Waals surface area contributed by atoms with Crippen molar-refractivity contribution in [3.05, 3.63) is 72.8 Å². The molecule has 1 aliphatic rings. The lowest BCUT2D eigenvalue weighted by atomic mass is 10.1. The van der Waals surface area contributed by atoms with Crippen LogP contribution in [0.4, 0.5) is 5.82 Å². The minimum atomic E-state index is -0.0242. The SMILES string of the molecule is Cc1nccn1-c1cc(N2CCN(C(=O)c3nccc4ccccc34)CC2)ncn1. The van der Waals surface area contributed by atoms with E-state index >= 15 is 0 Å². The third-order valence-corrected chi connectivity index (χ3v) is 5.48. The molecule has 1 fully saturated rings. The first-order valence-corrected chi connectivity index (χ1v) is 9.91. The lowest BCUT2D eigenvalue weighted by Gasteiger charge is -2.35. The molecule has 0 bridgehead atoms. The summed E-state index contributed by atoms with van der Waals surface area (Å²) in [4.78, 5) is 34.6. The topological polar surface area (TPSA) is 80.0 Å². The maximum atomic E-state index is 13.1. The van der Waals surface area contributed by atoms with Gasteiger partial charge in [-0.1, -0.05) is 24.3 Å². The molecule has 4 aromatic rings. The van der Waals surface area contributed by atoms with Crippen LogP contribution in [0.15, 0.2) is 61.3 Å². The number of amides is 1. The summed E-state index contributed by atoms with van der Waals surface area (Å²) < 4.78 is 1.93. The number of benzene rings is 1. The number of aryl methyl sites for hydroxylation is 1. The zero-order valence-electron chi connectivity index (χ0n) is 16.6. The van der Waals surface area contributed by atoms with Crippen LogP contribution in [0.2, 0.25) is 0 Å². The molecule has 4 heterocycles. The maximum absolute atomic E-state index is 13.1. The van der Waals surface area contributed by atoms with Gasteiger partial charge in [-0.15, -0.1) is 0 Å². The van der Waals surface area contributed by atoms with Gasteiger partial charge in [-0.25, -0.2) is 15.0 Å². The predicted octanol–water partition coefficient (Wildman–Crippen LogP) is 2.48. The van der Waals surface area contributed by atoms with Crippen LogP contribution in [-0.4, -0.2) is 61.5 Å². The number of fused-ring (bicyclic) bond motifs is 1. The summed E-state index contributed by atoms with van der Waals surface area (Å²) in [5, 5.41) is 1.92. The van der Waals surface area contributed by atoms with Gasteiger partial charge in [0.2, 0.25) is 0 Å². The van der Waals surface area contributed by atoms with Crippen molar-refractivity contribution in [3.8, 4) is 5.82 Å². The van der Waals surface area contributed by atoms with Gasteiger partial charge < -0.3 is 9.80 Å². The van der Waals surface area contributed by atoms with Crippen LogP contribution in [0.3, 0.4) is 0 Å². The molecule has 30 heavy (non-hydrogen) atoms. The molecule has 0 aliphatic carbocycles. The predicted molar refractivity (Wildman–Crippen MR) is 114 cm³/mol. The fourth-order valence-corrected chi connectivity index (χ4v) is 3.84. The molecule has 5 rings (SSSR count). The lowest BCUT2D eigenvalue weighted by Crippen LogP contribution is -2.49. The van der Waals surface area contributed by atoms with Gasteiger partial charge in [0.05, 0.1) is 0 Å². The lowest BCUT2D eigenvalue weighted by molar-refractivity contribution is 0.0743. The molecule has 0 radical (unpaired) electrons. The zero-order valence-corrected chi connectivity index (χ0v) is 16.6. The van der Waals surface area contributed by atoms with Crippen molar-refractivity contribution in [2.75, 3.05) is 31.1 Å². The molecule has 3 aromatic heterocycles. The van der Waals surface area contributed by atoms with Crippen molar-refractivity contribution in [2.45, 2.75) is 6.92 Å². The molecule has 0 spiro atoms. The summed E-state index contributed by atoms with van der Waals surface area (Å²) in [7, 11) is 0. The maximum Gasteiger partial charge on any atom is 0.273 e. The van der Waals surface area contributed by atoms with Gasteiger partial charge in [0, 0.05) is 56.2 Å². The van der Waals surface area contributed by atoms with Gasteiger partial charge in [-0.3, -0.25) is 14.3 Å². The van der Waals surface area contributed by atoms with Crippen molar-refractivity contribution in [1.82, 2.24) is 29.4 Å². The number of hydrogen-bond donors (Lipinski definition) is 0. The number of imidazole rings is 1. The summed E-state index contributed by atoms with van der Waals surface area (Å²) in [6.45, 7) is 4.58. The summed E-state index contributed by atoms with van der Waals surface area (Å²) in [5.74, 6) is 2.48. The van der Waals surface area contributed by atoms with Crippen LogP contribution in [0.1, 0.15) is 16.3 Å². The second-order valence-corrected chi connectivity index (χ2v) is 7.24. The number of pyridine rings is 1. The molecule has 1 aromatic carbocycles. The summed E-state index contributed by atoms with van der Waals surface area (Å²) in [5.41, 5.74) is 0.515. The number of rotatable bonds is 3. The summed E-state index contributed by atoms with van der Waals surface area (Å²) in [6, 6.07) is 11.7. The van der Waals surface area contributed by atoms with Crippen LogP contribution in [0.25, 0.3) is 16.6 Å². The van der Waals surface area contributed by atoms with E-state index in [0.717, 1.165) is 28.2 Å². The second kappa shape index (κ2) is 7.55. The first-order valence-electron chi connectivity index (χ1n) is 9.91. The minimum Gasteiger partial charge on any atom is -0.353 e. The van der Waals surface area contributed by atoms with E-state index in [1.807, 2.05) is 59.0 Å². The molecule has 8 nitrogen and oxygen atoms in total. The zero-order chi connectivity index (χ0) is 20.5. The summed E-state index contributed by atoms with van der Waals surface area (Å²) in [6.07, 6.45) is 6.91. The Bertz CT molecular complexity index is 1210. The van der Waals surface area contributed by atoms with E-state index in [-0.39, 0.29) is 5.91 Å². The number of carbonyl (C=O) groups excluding carboxylic acids is 1. The Hall–Kier alpha value is -3.81. The van der Waals surface area contributed by atoms with Crippen LogP contribution in [0.5, 0.6) is 0 Å². The van der Waals surface area contributed by atoms with E-state index in [1.54, 1.807) is 18.7 Å². The number of aromatic nitrogens is 5. The van der Waals surface area contributed by atoms with Gasteiger partial charge in [0.15, 0.2) is 0 Å². The van der Waals surface area contributed by atoms with Crippen LogP contribution in [0, 0.1) is 6.92 Å². The molecule has 1 saturated heterocycles. The smallest absolute Gasteiger partial charge is 0.273 e. The third-order valence-electron chi connectivity index (χ3n) is 5.48. The molecule has 8 heteroatoms. The number of carbonyl (C=O) groups is 1. The van der Waals surface area contributed by atoms with Gasteiger partial charge in [0.25, 0.3) is 5.91 Å². The Morgan fingerprint density at radius 1 is 0.900 bits per heavy atom. The molecule has 0 N–H and O–H groups in total. The highest BCUT2D eigenvalue weighted by Gasteiger charge is 2.25. The highest BCUT2D eigenvalue weighted by atomic mass is 16.2. The fourth-order valence-electron chi connectivity index (χ4n) is 3.84. The number of hydrogen-bond acceptors (Lipinski definition) is 6. The minimum absolute atomic E-state index is 0.0242.